The zero-order valence-electron chi connectivity index (χ0n) is 18.7. The van der Waals surface area contributed by atoms with E-state index in [0.29, 0.717) is 38.7 Å². The quantitative estimate of drug-likeness (QED) is 0.378. The lowest BCUT2D eigenvalue weighted by atomic mass is 10.2. The fraction of sp³-hybridized carbons (Fsp3) is 0.895. The Kier molecular flexibility index (Phi) is 9.79. The van der Waals surface area contributed by atoms with Gasteiger partial charge in [0.1, 0.15) is 6.54 Å². The molecule has 10 nitrogen and oxygen atoms in total. The molecular weight excluding hydrogens is 410 g/mol. The van der Waals surface area contributed by atoms with Crippen molar-refractivity contribution in [1.29, 1.82) is 0 Å². The Bertz CT molecular complexity index is 669. The van der Waals surface area contributed by atoms with Crippen LogP contribution in [0.3, 0.4) is 0 Å². The van der Waals surface area contributed by atoms with Crippen LogP contribution in [-0.2, 0) is 24.3 Å². The molecular formula is C19H37N5O5S. The molecule has 2 aliphatic rings. The summed E-state index contributed by atoms with van der Waals surface area (Å²) in [6, 6.07) is 0. The Morgan fingerprint density at radius 2 is 1.97 bits per heavy atom. The van der Waals surface area contributed by atoms with Gasteiger partial charge in [-0.15, -0.1) is 0 Å². The van der Waals surface area contributed by atoms with E-state index in [1.54, 1.807) is 14.1 Å². The minimum absolute atomic E-state index is 0.00983. The second kappa shape index (κ2) is 11.8. The summed E-state index contributed by atoms with van der Waals surface area (Å²) in [4.78, 5) is 20.0. The predicted octanol–water partition coefficient (Wildman–Crippen LogP) is -0.428. The van der Waals surface area contributed by atoms with Gasteiger partial charge >= 0.3 is 0 Å². The van der Waals surface area contributed by atoms with Gasteiger partial charge in [0.15, 0.2) is 5.96 Å². The molecule has 2 heterocycles. The van der Waals surface area contributed by atoms with E-state index in [0.717, 1.165) is 19.4 Å². The van der Waals surface area contributed by atoms with Crippen molar-refractivity contribution in [3.05, 3.63) is 0 Å². The molecule has 0 bridgehead atoms. The number of aliphatic imine (C=N–C) groups is 1. The van der Waals surface area contributed by atoms with E-state index in [1.807, 2.05) is 18.7 Å². The average molecular weight is 448 g/mol. The Morgan fingerprint density at radius 3 is 2.53 bits per heavy atom. The number of sulfonamides is 1. The summed E-state index contributed by atoms with van der Waals surface area (Å²) >= 11 is 0. The van der Waals surface area contributed by atoms with E-state index < -0.39 is 10.0 Å². The van der Waals surface area contributed by atoms with Crippen molar-refractivity contribution in [1.82, 2.24) is 19.4 Å². The van der Waals surface area contributed by atoms with Crippen LogP contribution in [0, 0.1) is 0 Å². The zero-order valence-corrected chi connectivity index (χ0v) is 19.5. The maximum Gasteiger partial charge on any atom is 0.243 e. The molecule has 30 heavy (non-hydrogen) atoms. The molecule has 0 saturated carbocycles. The van der Waals surface area contributed by atoms with Gasteiger partial charge in [-0.1, -0.05) is 0 Å². The fourth-order valence-electron chi connectivity index (χ4n) is 3.26. The minimum atomic E-state index is -3.35. The van der Waals surface area contributed by atoms with Crippen LogP contribution in [0.1, 0.15) is 26.7 Å². The highest BCUT2D eigenvalue weighted by Crippen LogP contribution is 2.12. The first kappa shape index (κ1) is 24.8. The van der Waals surface area contributed by atoms with E-state index >= 15 is 0 Å². The molecule has 0 spiro atoms. The molecule has 2 saturated heterocycles. The molecule has 1 amide bonds. The SMILES string of the molecule is CC(C)OCCS(=O)(=O)N1CCN(C(=NCC(=O)N(C)C)NCC2CCCO2)CC1. The van der Waals surface area contributed by atoms with Crippen molar-refractivity contribution in [2.75, 3.05) is 72.3 Å². The van der Waals surface area contributed by atoms with Crippen molar-refractivity contribution < 1.29 is 22.7 Å². The van der Waals surface area contributed by atoms with Gasteiger partial charge in [-0.05, 0) is 26.7 Å². The number of piperazine rings is 1. The predicted molar refractivity (Wildman–Crippen MR) is 116 cm³/mol. The minimum Gasteiger partial charge on any atom is -0.378 e. The van der Waals surface area contributed by atoms with Crippen molar-refractivity contribution in [2.24, 2.45) is 4.99 Å². The molecule has 1 N–H and O–H groups in total. The summed E-state index contributed by atoms with van der Waals surface area (Å²) in [5.74, 6) is 0.527. The van der Waals surface area contributed by atoms with Crippen LogP contribution in [0.25, 0.3) is 0 Å². The van der Waals surface area contributed by atoms with E-state index in [-0.39, 0.29) is 37.0 Å². The number of carbonyl (C=O) groups excluding carboxylic acids is 1. The largest absolute Gasteiger partial charge is 0.378 e. The van der Waals surface area contributed by atoms with Gasteiger partial charge in [-0.3, -0.25) is 4.79 Å². The number of likely N-dealkylation sites (N-methyl/N-ethyl adjacent to an activating group) is 1. The summed E-state index contributed by atoms with van der Waals surface area (Å²) in [5, 5.41) is 3.32. The molecule has 0 aliphatic carbocycles. The van der Waals surface area contributed by atoms with Crippen LogP contribution in [0.15, 0.2) is 4.99 Å². The highest BCUT2D eigenvalue weighted by atomic mass is 32.2. The number of ether oxygens (including phenoxy) is 2. The van der Waals surface area contributed by atoms with Crippen LogP contribution in [0.4, 0.5) is 0 Å². The number of nitrogens with zero attached hydrogens (tertiary/aromatic N) is 4. The lowest BCUT2D eigenvalue weighted by Crippen LogP contribution is -2.55. The fourth-order valence-corrected chi connectivity index (χ4v) is 4.54. The van der Waals surface area contributed by atoms with E-state index in [9.17, 15) is 13.2 Å². The number of amides is 1. The molecule has 2 fully saturated rings. The molecule has 1 atom stereocenters. The molecule has 0 aromatic rings. The monoisotopic (exact) mass is 447 g/mol. The van der Waals surface area contributed by atoms with Gasteiger partial charge in [0.2, 0.25) is 15.9 Å². The molecule has 2 rings (SSSR count). The molecule has 0 aromatic carbocycles. The molecule has 2 aliphatic heterocycles. The average Bonchev–Trinajstić information content (AvgIpc) is 3.21. The third kappa shape index (κ3) is 8.01. The van der Waals surface area contributed by atoms with Gasteiger partial charge < -0.3 is 24.6 Å². The first-order chi connectivity index (χ1) is 14.2. The summed E-state index contributed by atoms with van der Waals surface area (Å²) in [5.41, 5.74) is 0. The van der Waals surface area contributed by atoms with Gasteiger partial charge in [0.25, 0.3) is 0 Å². The van der Waals surface area contributed by atoms with Crippen LogP contribution in [0.2, 0.25) is 0 Å². The Balaban J connectivity index is 1.93. The number of hydrogen-bond donors (Lipinski definition) is 1. The molecule has 0 aromatic heterocycles. The third-order valence-electron chi connectivity index (χ3n) is 5.10. The summed E-state index contributed by atoms with van der Waals surface area (Å²) < 4.78 is 37.7. The van der Waals surface area contributed by atoms with Crippen molar-refractivity contribution in [2.45, 2.75) is 38.9 Å². The van der Waals surface area contributed by atoms with E-state index in [1.165, 1.54) is 9.21 Å². The molecule has 0 radical (unpaired) electrons. The third-order valence-corrected chi connectivity index (χ3v) is 6.93. The Hall–Kier alpha value is -1.43. The first-order valence-corrected chi connectivity index (χ1v) is 12.2. The smallest absolute Gasteiger partial charge is 0.243 e. The van der Waals surface area contributed by atoms with E-state index in [2.05, 4.69) is 10.3 Å². The first-order valence-electron chi connectivity index (χ1n) is 10.6. The lowest BCUT2D eigenvalue weighted by Gasteiger charge is -2.36. The number of rotatable bonds is 9. The normalized spacial score (nSPS) is 21.3. The number of carbonyl (C=O) groups is 1. The second-order valence-corrected chi connectivity index (χ2v) is 10.2. The van der Waals surface area contributed by atoms with Crippen LogP contribution >= 0.6 is 0 Å². The van der Waals surface area contributed by atoms with Gasteiger partial charge in [-0.2, -0.15) is 4.31 Å². The Morgan fingerprint density at radius 1 is 1.27 bits per heavy atom. The number of guanidine groups is 1. The highest BCUT2D eigenvalue weighted by Gasteiger charge is 2.28. The maximum absolute atomic E-state index is 12.5. The summed E-state index contributed by atoms with van der Waals surface area (Å²) in [6.45, 7) is 7.20. The zero-order chi connectivity index (χ0) is 22.1. The maximum atomic E-state index is 12.5. The number of nitrogens with one attached hydrogen (secondary N) is 1. The lowest BCUT2D eigenvalue weighted by molar-refractivity contribution is -0.127. The molecule has 11 heteroatoms. The highest BCUT2D eigenvalue weighted by molar-refractivity contribution is 7.89. The second-order valence-electron chi connectivity index (χ2n) is 8.07. The molecule has 174 valence electrons. The van der Waals surface area contributed by atoms with Crippen LogP contribution in [0.5, 0.6) is 0 Å². The van der Waals surface area contributed by atoms with Crippen molar-refractivity contribution in [3.8, 4) is 0 Å². The number of hydrogen-bond acceptors (Lipinski definition) is 6. The van der Waals surface area contributed by atoms with Gasteiger partial charge in [-0.25, -0.2) is 13.4 Å². The van der Waals surface area contributed by atoms with E-state index in [4.69, 9.17) is 9.47 Å². The van der Waals surface area contributed by atoms with Crippen molar-refractivity contribution in [3.63, 3.8) is 0 Å². The molecule has 1 unspecified atom stereocenters. The Labute approximate surface area is 180 Å². The topological polar surface area (TPSA) is 104 Å². The standard InChI is InChI=1S/C19H37N5O5S/c1-16(2)28-12-13-30(26,27)24-9-7-23(8-10-24)19(21-15-18(25)22(3)4)20-14-17-6-5-11-29-17/h16-17H,5-15H2,1-4H3,(H,20,21). The van der Waals surface area contributed by atoms with Gasteiger partial charge in [0, 0.05) is 53.4 Å². The van der Waals surface area contributed by atoms with Gasteiger partial charge in [0.05, 0.1) is 24.6 Å². The van der Waals surface area contributed by atoms with Crippen molar-refractivity contribution >= 4 is 21.9 Å². The van der Waals surface area contributed by atoms with Crippen LogP contribution in [-0.4, -0.2) is 119 Å². The summed E-state index contributed by atoms with van der Waals surface area (Å²) in [6.07, 6.45) is 2.20. The summed E-state index contributed by atoms with van der Waals surface area (Å²) in [7, 11) is 0.0469. The van der Waals surface area contributed by atoms with Crippen LogP contribution < -0.4 is 5.32 Å².